The molecule has 3 nitrogen and oxygen atoms in total. The highest BCUT2D eigenvalue weighted by Crippen LogP contribution is 2.40. The van der Waals surface area contributed by atoms with E-state index in [-0.39, 0.29) is 5.78 Å². The SMILES string of the molecule is CSc1ccc(C2(C)C(=Cc3ccccn3)C(=O)CCN2C)cc1. The van der Waals surface area contributed by atoms with Crippen molar-refractivity contribution in [3.8, 4) is 0 Å². The van der Waals surface area contributed by atoms with Gasteiger partial charge >= 0.3 is 0 Å². The lowest BCUT2D eigenvalue weighted by atomic mass is 9.77. The maximum atomic E-state index is 12.7. The minimum absolute atomic E-state index is 0.204. The van der Waals surface area contributed by atoms with E-state index in [1.807, 2.05) is 24.3 Å². The van der Waals surface area contributed by atoms with Crippen LogP contribution in [0.3, 0.4) is 0 Å². The van der Waals surface area contributed by atoms with Gasteiger partial charge < -0.3 is 0 Å². The molecule has 24 heavy (non-hydrogen) atoms. The van der Waals surface area contributed by atoms with Crippen LogP contribution in [0.15, 0.2) is 59.1 Å². The van der Waals surface area contributed by atoms with Crippen molar-refractivity contribution < 1.29 is 4.79 Å². The Morgan fingerprint density at radius 1 is 1.21 bits per heavy atom. The average molecular weight is 338 g/mol. The van der Waals surface area contributed by atoms with Gasteiger partial charge in [-0.15, -0.1) is 11.8 Å². The second-order valence-corrected chi connectivity index (χ2v) is 7.09. The number of pyridine rings is 1. The fourth-order valence-corrected chi connectivity index (χ4v) is 3.63. The average Bonchev–Trinajstić information content (AvgIpc) is 2.63. The van der Waals surface area contributed by atoms with Crippen molar-refractivity contribution in [2.75, 3.05) is 19.8 Å². The van der Waals surface area contributed by atoms with Gasteiger partial charge in [-0.05, 0) is 56.1 Å². The summed E-state index contributed by atoms with van der Waals surface area (Å²) in [5, 5.41) is 0. The summed E-state index contributed by atoms with van der Waals surface area (Å²) in [7, 11) is 2.08. The van der Waals surface area contributed by atoms with Crippen molar-refractivity contribution in [2.45, 2.75) is 23.8 Å². The first-order chi connectivity index (χ1) is 11.6. The fourth-order valence-electron chi connectivity index (χ4n) is 3.23. The Morgan fingerprint density at radius 3 is 2.58 bits per heavy atom. The number of carbonyl (C=O) groups is 1. The minimum atomic E-state index is -0.441. The minimum Gasteiger partial charge on any atom is -0.294 e. The number of benzene rings is 1. The van der Waals surface area contributed by atoms with E-state index in [9.17, 15) is 4.79 Å². The number of likely N-dealkylation sites (tertiary alicyclic amines) is 1. The zero-order valence-electron chi connectivity index (χ0n) is 14.3. The second-order valence-electron chi connectivity index (χ2n) is 6.21. The van der Waals surface area contributed by atoms with E-state index in [2.05, 4.69) is 54.4 Å². The quantitative estimate of drug-likeness (QED) is 0.625. The van der Waals surface area contributed by atoms with Gasteiger partial charge in [-0.1, -0.05) is 18.2 Å². The lowest BCUT2D eigenvalue weighted by Crippen LogP contribution is -2.49. The summed E-state index contributed by atoms with van der Waals surface area (Å²) in [5.41, 5.74) is 2.33. The molecule has 1 saturated heterocycles. The third-order valence-electron chi connectivity index (χ3n) is 4.89. The van der Waals surface area contributed by atoms with Crippen LogP contribution in [-0.4, -0.2) is 35.5 Å². The molecule has 1 aromatic carbocycles. The molecule has 1 aliphatic heterocycles. The van der Waals surface area contributed by atoms with Crippen LogP contribution in [0.5, 0.6) is 0 Å². The van der Waals surface area contributed by atoms with Crippen LogP contribution in [-0.2, 0) is 10.3 Å². The van der Waals surface area contributed by atoms with Crippen molar-refractivity contribution in [3.05, 3.63) is 65.5 Å². The molecule has 1 aromatic heterocycles. The first-order valence-corrected chi connectivity index (χ1v) is 9.30. The highest BCUT2D eigenvalue weighted by atomic mass is 32.2. The van der Waals surface area contributed by atoms with Gasteiger partial charge in [0, 0.05) is 29.6 Å². The molecule has 0 aliphatic carbocycles. The Labute approximate surface area is 147 Å². The molecule has 1 atom stereocenters. The van der Waals surface area contributed by atoms with Gasteiger partial charge in [-0.2, -0.15) is 0 Å². The van der Waals surface area contributed by atoms with E-state index in [0.717, 1.165) is 23.4 Å². The smallest absolute Gasteiger partial charge is 0.162 e. The number of carbonyl (C=O) groups excluding carboxylic acids is 1. The summed E-state index contributed by atoms with van der Waals surface area (Å²) >= 11 is 1.72. The number of rotatable bonds is 3. The number of thioether (sulfide) groups is 1. The molecule has 1 unspecified atom stereocenters. The van der Waals surface area contributed by atoms with Crippen molar-refractivity contribution in [2.24, 2.45) is 0 Å². The molecule has 0 radical (unpaired) electrons. The van der Waals surface area contributed by atoms with Crippen molar-refractivity contribution in [3.63, 3.8) is 0 Å². The Balaban J connectivity index is 2.11. The topological polar surface area (TPSA) is 33.2 Å². The van der Waals surface area contributed by atoms with Gasteiger partial charge in [0.1, 0.15) is 0 Å². The van der Waals surface area contributed by atoms with E-state index >= 15 is 0 Å². The fraction of sp³-hybridized carbons (Fsp3) is 0.300. The van der Waals surface area contributed by atoms with Crippen molar-refractivity contribution >= 4 is 23.6 Å². The summed E-state index contributed by atoms with van der Waals surface area (Å²) in [4.78, 5) is 20.6. The van der Waals surface area contributed by atoms with Crippen LogP contribution < -0.4 is 0 Å². The molecule has 1 aliphatic rings. The zero-order valence-corrected chi connectivity index (χ0v) is 15.1. The molecular weight excluding hydrogens is 316 g/mol. The molecular formula is C20H22N2OS. The molecule has 4 heteroatoms. The van der Waals surface area contributed by atoms with Crippen LogP contribution in [0.2, 0.25) is 0 Å². The predicted molar refractivity (Wildman–Crippen MR) is 100 cm³/mol. The highest BCUT2D eigenvalue weighted by molar-refractivity contribution is 7.98. The molecule has 0 bridgehead atoms. The van der Waals surface area contributed by atoms with Crippen LogP contribution in [0.25, 0.3) is 6.08 Å². The highest BCUT2D eigenvalue weighted by Gasteiger charge is 2.42. The van der Waals surface area contributed by atoms with Crippen molar-refractivity contribution in [1.29, 1.82) is 0 Å². The Bertz CT molecular complexity index is 755. The van der Waals surface area contributed by atoms with Gasteiger partial charge in [-0.25, -0.2) is 0 Å². The number of Topliss-reactive ketones (excluding diaryl/α,β-unsaturated/α-hetero) is 1. The molecule has 0 amide bonds. The predicted octanol–water partition coefficient (Wildman–Crippen LogP) is 4.01. The van der Waals surface area contributed by atoms with E-state index in [1.165, 1.54) is 4.90 Å². The van der Waals surface area contributed by atoms with E-state index < -0.39 is 5.54 Å². The van der Waals surface area contributed by atoms with Gasteiger partial charge in [0.25, 0.3) is 0 Å². The lowest BCUT2D eigenvalue weighted by molar-refractivity contribution is -0.119. The number of hydrogen-bond donors (Lipinski definition) is 0. The molecule has 1 fully saturated rings. The zero-order chi connectivity index (χ0) is 17.2. The van der Waals surface area contributed by atoms with Gasteiger partial charge in [0.05, 0.1) is 11.2 Å². The number of ketones is 1. The summed E-state index contributed by atoms with van der Waals surface area (Å²) in [6, 6.07) is 14.3. The first kappa shape index (κ1) is 16.9. The number of nitrogens with zero attached hydrogens (tertiary/aromatic N) is 2. The number of aromatic nitrogens is 1. The second kappa shape index (κ2) is 6.91. The number of hydrogen-bond acceptors (Lipinski definition) is 4. The molecule has 124 valence electrons. The lowest BCUT2D eigenvalue weighted by Gasteiger charge is -2.44. The normalized spacial score (nSPS) is 23.6. The van der Waals surface area contributed by atoms with E-state index in [4.69, 9.17) is 0 Å². The number of piperidine rings is 1. The van der Waals surface area contributed by atoms with E-state index in [0.29, 0.717) is 6.42 Å². The first-order valence-electron chi connectivity index (χ1n) is 8.08. The standard InChI is InChI=1S/C20H22N2OS/c1-20(15-7-9-17(24-3)10-8-15)18(19(23)11-13-22(20)2)14-16-6-4-5-12-21-16/h4-10,12,14H,11,13H2,1-3H3. The van der Waals surface area contributed by atoms with E-state index in [1.54, 1.807) is 18.0 Å². The summed E-state index contributed by atoms with van der Waals surface area (Å²) < 4.78 is 0. The number of likely N-dealkylation sites (N-methyl/N-ethyl adjacent to an activating group) is 1. The summed E-state index contributed by atoms with van der Waals surface area (Å²) in [6.45, 7) is 2.89. The summed E-state index contributed by atoms with van der Waals surface area (Å²) in [6.07, 6.45) is 6.32. The largest absolute Gasteiger partial charge is 0.294 e. The van der Waals surface area contributed by atoms with Crippen LogP contribution in [0, 0.1) is 0 Å². The van der Waals surface area contributed by atoms with Gasteiger partial charge in [-0.3, -0.25) is 14.7 Å². The molecule has 0 N–H and O–H groups in total. The molecule has 2 heterocycles. The molecule has 3 rings (SSSR count). The Morgan fingerprint density at radius 2 is 1.96 bits per heavy atom. The van der Waals surface area contributed by atoms with Gasteiger partial charge in [0.15, 0.2) is 5.78 Å². The van der Waals surface area contributed by atoms with Crippen LogP contribution >= 0.6 is 11.8 Å². The Kier molecular flexibility index (Phi) is 4.88. The van der Waals surface area contributed by atoms with Crippen LogP contribution in [0.4, 0.5) is 0 Å². The summed E-state index contributed by atoms with van der Waals surface area (Å²) in [5.74, 6) is 0.204. The Hall–Kier alpha value is -1.91. The maximum absolute atomic E-state index is 12.7. The third-order valence-corrected chi connectivity index (χ3v) is 5.64. The third kappa shape index (κ3) is 3.04. The molecule has 0 spiro atoms. The van der Waals surface area contributed by atoms with Crippen LogP contribution in [0.1, 0.15) is 24.6 Å². The van der Waals surface area contributed by atoms with Crippen molar-refractivity contribution in [1.82, 2.24) is 9.88 Å². The monoisotopic (exact) mass is 338 g/mol. The molecule has 0 saturated carbocycles. The molecule has 2 aromatic rings. The van der Waals surface area contributed by atoms with Gasteiger partial charge in [0.2, 0.25) is 0 Å². The maximum Gasteiger partial charge on any atom is 0.162 e.